The van der Waals surface area contributed by atoms with Crippen LogP contribution in [0, 0.1) is 10.1 Å². The van der Waals surface area contributed by atoms with Crippen molar-refractivity contribution >= 4 is 18.3 Å². The number of nitro groups is 1. The van der Waals surface area contributed by atoms with E-state index in [1.54, 1.807) is 24.3 Å². The highest BCUT2D eigenvalue weighted by atomic mass is 32.1. The van der Waals surface area contributed by atoms with Crippen LogP contribution in [-0.4, -0.2) is 11.0 Å². The Morgan fingerprint density at radius 2 is 2.06 bits per heavy atom. The van der Waals surface area contributed by atoms with Gasteiger partial charge in [0.05, 0.1) is 5.25 Å². The van der Waals surface area contributed by atoms with Gasteiger partial charge < -0.3 is 0 Å². The Morgan fingerprint density at radius 1 is 1.50 bits per heavy atom. The van der Waals surface area contributed by atoms with Crippen molar-refractivity contribution in [2.24, 2.45) is 5.11 Å². The zero-order chi connectivity index (χ0) is 12.1. The molecule has 84 valence electrons. The fraction of sp³-hybridized carbons (Fsp3) is 0.333. The highest BCUT2D eigenvalue weighted by Gasteiger charge is 2.24. The molecule has 0 saturated heterocycles. The minimum Gasteiger partial charge on any atom is -0.264 e. The monoisotopic (exact) mass is 238 g/mol. The van der Waals surface area contributed by atoms with Gasteiger partial charge in [-0.05, 0) is 11.1 Å². The van der Waals surface area contributed by atoms with E-state index in [0.717, 1.165) is 5.56 Å². The summed E-state index contributed by atoms with van der Waals surface area (Å²) in [6, 6.07) is 5.77. The SMILES string of the molecule is CC(C(S)c1ccc(N=[N+]=[N-])cc1)[N+](=O)[O-]. The third kappa shape index (κ3) is 2.88. The fourth-order valence-corrected chi connectivity index (χ4v) is 1.46. The van der Waals surface area contributed by atoms with Gasteiger partial charge >= 0.3 is 0 Å². The van der Waals surface area contributed by atoms with E-state index in [2.05, 4.69) is 22.7 Å². The smallest absolute Gasteiger partial charge is 0.225 e. The molecule has 0 saturated carbocycles. The molecule has 0 radical (unpaired) electrons. The zero-order valence-electron chi connectivity index (χ0n) is 8.52. The molecule has 0 aliphatic heterocycles. The third-order valence-electron chi connectivity index (χ3n) is 2.18. The molecule has 0 amide bonds. The Labute approximate surface area is 97.5 Å². The molecule has 1 aromatic rings. The summed E-state index contributed by atoms with van der Waals surface area (Å²) in [5, 5.41) is 13.5. The van der Waals surface area contributed by atoms with Crippen LogP contribution in [0.4, 0.5) is 5.69 Å². The van der Waals surface area contributed by atoms with Crippen LogP contribution in [0.5, 0.6) is 0 Å². The van der Waals surface area contributed by atoms with Crippen LogP contribution in [-0.2, 0) is 0 Å². The Hall–Kier alpha value is -1.72. The summed E-state index contributed by atoms with van der Waals surface area (Å²) in [6.07, 6.45) is 0. The van der Waals surface area contributed by atoms with Gasteiger partial charge in [0, 0.05) is 22.4 Å². The topological polar surface area (TPSA) is 91.9 Å². The van der Waals surface area contributed by atoms with E-state index in [1.807, 2.05) is 0 Å². The van der Waals surface area contributed by atoms with E-state index < -0.39 is 11.3 Å². The number of benzene rings is 1. The zero-order valence-corrected chi connectivity index (χ0v) is 9.41. The van der Waals surface area contributed by atoms with Gasteiger partial charge in [0.15, 0.2) is 0 Å². The lowest BCUT2D eigenvalue weighted by Gasteiger charge is -2.12. The molecule has 2 atom stereocenters. The van der Waals surface area contributed by atoms with Crippen LogP contribution >= 0.6 is 12.6 Å². The van der Waals surface area contributed by atoms with Crippen LogP contribution in [0.2, 0.25) is 0 Å². The van der Waals surface area contributed by atoms with Gasteiger partial charge in [-0.2, -0.15) is 12.6 Å². The molecule has 1 rings (SSSR count). The van der Waals surface area contributed by atoms with Gasteiger partial charge in [-0.25, -0.2) is 0 Å². The molecular formula is C9H10N4O2S. The summed E-state index contributed by atoms with van der Waals surface area (Å²) in [7, 11) is 0. The molecule has 16 heavy (non-hydrogen) atoms. The van der Waals surface area contributed by atoms with Crippen molar-refractivity contribution in [3.8, 4) is 0 Å². The lowest BCUT2D eigenvalue weighted by Crippen LogP contribution is -2.20. The predicted molar refractivity (Wildman–Crippen MR) is 63.4 cm³/mol. The number of thiol groups is 1. The van der Waals surface area contributed by atoms with Crippen molar-refractivity contribution in [3.63, 3.8) is 0 Å². The van der Waals surface area contributed by atoms with E-state index in [-0.39, 0.29) is 4.92 Å². The number of nitrogens with zero attached hydrogens (tertiary/aromatic N) is 4. The molecule has 0 aliphatic rings. The average Bonchev–Trinajstić information content (AvgIpc) is 2.28. The maximum absolute atomic E-state index is 10.6. The Kier molecular flexibility index (Phi) is 4.16. The van der Waals surface area contributed by atoms with Crippen LogP contribution in [0.25, 0.3) is 10.4 Å². The van der Waals surface area contributed by atoms with Crippen LogP contribution in [0.3, 0.4) is 0 Å². The summed E-state index contributed by atoms with van der Waals surface area (Å²) in [4.78, 5) is 12.8. The molecule has 0 aliphatic carbocycles. The molecule has 2 unspecified atom stereocenters. The van der Waals surface area contributed by atoms with E-state index in [1.165, 1.54) is 6.92 Å². The van der Waals surface area contributed by atoms with E-state index in [4.69, 9.17) is 5.53 Å². The minimum atomic E-state index is -0.770. The van der Waals surface area contributed by atoms with Crippen LogP contribution in [0.1, 0.15) is 17.7 Å². The summed E-state index contributed by atoms with van der Waals surface area (Å²) < 4.78 is 0. The van der Waals surface area contributed by atoms with Gasteiger partial charge in [-0.15, -0.1) is 0 Å². The fourth-order valence-electron chi connectivity index (χ4n) is 1.18. The minimum absolute atomic E-state index is 0.376. The second-order valence-corrected chi connectivity index (χ2v) is 3.81. The Bertz CT molecular complexity index is 428. The molecule has 0 N–H and O–H groups in total. The Balaban J connectivity index is 2.89. The number of hydrogen-bond acceptors (Lipinski definition) is 4. The molecule has 6 nitrogen and oxygen atoms in total. The first-order chi connectivity index (χ1) is 7.56. The Morgan fingerprint density at radius 3 is 2.50 bits per heavy atom. The number of rotatable bonds is 4. The summed E-state index contributed by atoms with van der Waals surface area (Å²) in [6.45, 7) is 1.50. The molecular weight excluding hydrogens is 228 g/mol. The lowest BCUT2D eigenvalue weighted by atomic mass is 10.1. The number of hydrogen-bond donors (Lipinski definition) is 1. The molecule has 0 bridgehead atoms. The van der Waals surface area contributed by atoms with Crippen molar-refractivity contribution in [3.05, 3.63) is 50.4 Å². The molecule has 0 spiro atoms. The number of azide groups is 1. The normalized spacial score (nSPS) is 13.6. The quantitative estimate of drug-likeness (QED) is 0.218. The van der Waals surface area contributed by atoms with Gasteiger partial charge in [0.1, 0.15) is 0 Å². The molecule has 1 aromatic carbocycles. The molecule has 0 fully saturated rings. The predicted octanol–water partition coefficient (Wildman–Crippen LogP) is 3.26. The first-order valence-electron chi connectivity index (χ1n) is 4.53. The van der Waals surface area contributed by atoms with Crippen molar-refractivity contribution in [2.45, 2.75) is 18.2 Å². The lowest BCUT2D eigenvalue weighted by molar-refractivity contribution is -0.518. The standard InChI is InChI=1S/C9H10N4O2S/c1-6(13(14)15)9(16)7-2-4-8(5-3-7)11-12-10/h2-6,9,16H,1H3. The van der Waals surface area contributed by atoms with Gasteiger partial charge in [0.25, 0.3) is 0 Å². The highest BCUT2D eigenvalue weighted by Crippen LogP contribution is 2.27. The molecule has 0 heterocycles. The van der Waals surface area contributed by atoms with Crippen molar-refractivity contribution in [1.29, 1.82) is 0 Å². The summed E-state index contributed by atoms with van der Waals surface area (Å²) >= 11 is 4.20. The second kappa shape index (κ2) is 5.39. The van der Waals surface area contributed by atoms with Crippen LogP contribution in [0.15, 0.2) is 29.4 Å². The van der Waals surface area contributed by atoms with Gasteiger partial charge in [-0.3, -0.25) is 10.1 Å². The van der Waals surface area contributed by atoms with Gasteiger partial charge in [-0.1, -0.05) is 29.4 Å². The third-order valence-corrected chi connectivity index (χ3v) is 2.91. The van der Waals surface area contributed by atoms with Gasteiger partial charge in [0.2, 0.25) is 6.04 Å². The van der Waals surface area contributed by atoms with Crippen LogP contribution < -0.4 is 0 Å². The maximum Gasteiger partial charge on any atom is 0.225 e. The second-order valence-electron chi connectivity index (χ2n) is 3.25. The van der Waals surface area contributed by atoms with Crippen molar-refractivity contribution in [1.82, 2.24) is 0 Å². The highest BCUT2D eigenvalue weighted by molar-refractivity contribution is 7.80. The summed E-state index contributed by atoms with van der Waals surface area (Å²) in [5.41, 5.74) is 9.41. The first kappa shape index (κ1) is 12.4. The van der Waals surface area contributed by atoms with E-state index in [0.29, 0.717) is 5.69 Å². The van der Waals surface area contributed by atoms with E-state index in [9.17, 15) is 10.1 Å². The summed E-state index contributed by atoms with van der Waals surface area (Å²) in [5.74, 6) is 0. The molecule has 7 heteroatoms. The molecule has 0 aromatic heterocycles. The van der Waals surface area contributed by atoms with Crippen molar-refractivity contribution < 1.29 is 4.92 Å². The maximum atomic E-state index is 10.6. The largest absolute Gasteiger partial charge is 0.264 e. The van der Waals surface area contributed by atoms with Crippen molar-refractivity contribution in [2.75, 3.05) is 0 Å². The van der Waals surface area contributed by atoms with E-state index >= 15 is 0 Å². The first-order valence-corrected chi connectivity index (χ1v) is 5.04. The average molecular weight is 238 g/mol.